The third-order valence-corrected chi connectivity index (χ3v) is 4.92. The summed E-state index contributed by atoms with van der Waals surface area (Å²) in [4.78, 5) is 24.5. The summed E-state index contributed by atoms with van der Waals surface area (Å²) in [6, 6.07) is 20.1. The Morgan fingerprint density at radius 3 is 2.52 bits per heavy atom. The summed E-state index contributed by atoms with van der Waals surface area (Å²) in [5, 5.41) is 16.4. The van der Waals surface area contributed by atoms with Crippen molar-refractivity contribution in [2.75, 3.05) is 12.1 Å². The lowest BCUT2D eigenvalue weighted by Crippen LogP contribution is -2.24. The summed E-state index contributed by atoms with van der Waals surface area (Å²) in [6.07, 6.45) is 1.44. The van der Waals surface area contributed by atoms with Crippen molar-refractivity contribution in [2.45, 2.75) is 0 Å². The van der Waals surface area contributed by atoms with E-state index in [2.05, 4.69) is 10.4 Å². The van der Waals surface area contributed by atoms with E-state index in [4.69, 9.17) is 19.3 Å². The zero-order valence-corrected chi connectivity index (χ0v) is 17.1. The standard InChI is InChI=1S/C24H17N3O6/c28-23-22(26-16-8-6-15(7-9-16)24(29)30)21(13-25-27(23)17-4-2-1-3-5-17)33-18-10-11-19-20(12-18)32-14-31-19/h1-13,26H,14H2,(H,29,30). The number of carbonyl (C=O) groups is 1. The number of benzene rings is 3. The first kappa shape index (κ1) is 20.1. The maximum atomic E-state index is 13.4. The summed E-state index contributed by atoms with van der Waals surface area (Å²) < 4.78 is 17.9. The van der Waals surface area contributed by atoms with Crippen molar-refractivity contribution in [3.63, 3.8) is 0 Å². The molecular weight excluding hydrogens is 426 g/mol. The maximum absolute atomic E-state index is 13.4. The average Bonchev–Trinajstić information content (AvgIpc) is 3.30. The van der Waals surface area contributed by atoms with Gasteiger partial charge in [-0.2, -0.15) is 9.78 Å². The molecule has 2 heterocycles. The summed E-state index contributed by atoms with van der Waals surface area (Å²) in [7, 11) is 0. The third kappa shape index (κ3) is 4.07. The number of rotatable bonds is 6. The van der Waals surface area contributed by atoms with Gasteiger partial charge in [0.2, 0.25) is 6.79 Å². The zero-order valence-electron chi connectivity index (χ0n) is 17.1. The van der Waals surface area contributed by atoms with Gasteiger partial charge in [0.1, 0.15) is 5.75 Å². The van der Waals surface area contributed by atoms with Crippen LogP contribution in [-0.2, 0) is 0 Å². The van der Waals surface area contributed by atoms with Crippen molar-refractivity contribution in [1.29, 1.82) is 0 Å². The van der Waals surface area contributed by atoms with Gasteiger partial charge in [-0.05, 0) is 48.5 Å². The number of nitrogens with zero attached hydrogens (tertiary/aromatic N) is 2. The van der Waals surface area contributed by atoms with Crippen LogP contribution in [0.1, 0.15) is 10.4 Å². The van der Waals surface area contributed by atoms with Crippen LogP contribution in [0.15, 0.2) is 83.8 Å². The molecule has 0 unspecified atom stereocenters. The smallest absolute Gasteiger partial charge is 0.335 e. The van der Waals surface area contributed by atoms with Crippen molar-refractivity contribution in [1.82, 2.24) is 9.78 Å². The molecule has 0 spiro atoms. The average molecular weight is 443 g/mol. The van der Waals surface area contributed by atoms with Crippen molar-refractivity contribution in [3.05, 3.63) is 94.9 Å². The van der Waals surface area contributed by atoms with Crippen LogP contribution in [0.4, 0.5) is 11.4 Å². The van der Waals surface area contributed by atoms with E-state index < -0.39 is 11.5 Å². The van der Waals surface area contributed by atoms with Crippen LogP contribution in [-0.4, -0.2) is 27.6 Å². The van der Waals surface area contributed by atoms with E-state index >= 15 is 0 Å². The molecule has 0 amide bonds. The molecule has 4 aromatic rings. The minimum Gasteiger partial charge on any atom is -0.478 e. The molecule has 0 saturated heterocycles. The lowest BCUT2D eigenvalue weighted by Gasteiger charge is -2.15. The molecule has 2 N–H and O–H groups in total. The highest BCUT2D eigenvalue weighted by atomic mass is 16.7. The molecule has 1 aliphatic rings. The van der Waals surface area contributed by atoms with Gasteiger partial charge in [0.05, 0.1) is 17.4 Å². The van der Waals surface area contributed by atoms with Gasteiger partial charge in [-0.1, -0.05) is 18.2 Å². The van der Waals surface area contributed by atoms with Crippen LogP contribution >= 0.6 is 0 Å². The highest BCUT2D eigenvalue weighted by Crippen LogP contribution is 2.37. The first-order chi connectivity index (χ1) is 16.1. The van der Waals surface area contributed by atoms with Gasteiger partial charge in [0, 0.05) is 11.8 Å². The first-order valence-electron chi connectivity index (χ1n) is 9.94. The molecule has 5 rings (SSSR count). The Balaban J connectivity index is 1.55. The first-order valence-corrected chi connectivity index (χ1v) is 9.94. The van der Waals surface area contributed by atoms with Crippen LogP contribution in [0.5, 0.6) is 23.0 Å². The van der Waals surface area contributed by atoms with Crippen LogP contribution in [0.3, 0.4) is 0 Å². The van der Waals surface area contributed by atoms with E-state index in [1.807, 2.05) is 6.07 Å². The summed E-state index contributed by atoms with van der Waals surface area (Å²) in [5.41, 5.74) is 0.921. The normalized spacial score (nSPS) is 11.8. The molecule has 0 bridgehead atoms. The quantitative estimate of drug-likeness (QED) is 0.456. The van der Waals surface area contributed by atoms with E-state index in [0.29, 0.717) is 28.6 Å². The fourth-order valence-electron chi connectivity index (χ4n) is 3.29. The molecule has 0 fully saturated rings. The van der Waals surface area contributed by atoms with Crippen molar-refractivity contribution < 1.29 is 24.1 Å². The number of nitrogens with one attached hydrogen (secondary N) is 1. The van der Waals surface area contributed by atoms with E-state index in [0.717, 1.165) is 0 Å². The fourth-order valence-corrected chi connectivity index (χ4v) is 3.29. The SMILES string of the molecule is O=C(O)c1ccc(Nc2c(Oc3ccc4c(c3)OCO4)cnn(-c3ccccc3)c2=O)cc1. The predicted octanol–water partition coefficient (Wildman–Crippen LogP) is 4.20. The molecule has 9 heteroatoms. The predicted molar refractivity (Wildman–Crippen MR) is 119 cm³/mol. The Labute approximate surface area is 187 Å². The van der Waals surface area contributed by atoms with Gasteiger partial charge in [0.15, 0.2) is 22.9 Å². The molecular formula is C24H17N3O6. The Morgan fingerprint density at radius 1 is 1.00 bits per heavy atom. The van der Waals surface area contributed by atoms with Crippen molar-refractivity contribution in [2.24, 2.45) is 0 Å². The molecule has 0 atom stereocenters. The summed E-state index contributed by atoms with van der Waals surface area (Å²) in [6.45, 7) is 0.132. The molecule has 3 aromatic carbocycles. The lowest BCUT2D eigenvalue weighted by molar-refractivity contribution is 0.0697. The van der Waals surface area contributed by atoms with Gasteiger partial charge < -0.3 is 24.6 Å². The number of hydrogen-bond donors (Lipinski definition) is 2. The number of para-hydroxylation sites is 1. The number of carboxylic acids is 1. The van der Waals surface area contributed by atoms with Gasteiger partial charge >= 0.3 is 5.97 Å². The monoisotopic (exact) mass is 443 g/mol. The van der Waals surface area contributed by atoms with Crippen molar-refractivity contribution >= 4 is 17.3 Å². The second kappa shape index (κ2) is 8.39. The Bertz CT molecular complexity index is 1380. The molecule has 0 aliphatic carbocycles. The lowest BCUT2D eigenvalue weighted by atomic mass is 10.2. The highest BCUT2D eigenvalue weighted by molar-refractivity contribution is 5.88. The van der Waals surface area contributed by atoms with Gasteiger partial charge in [0.25, 0.3) is 5.56 Å². The molecule has 0 saturated carbocycles. The maximum Gasteiger partial charge on any atom is 0.335 e. The minimum absolute atomic E-state index is 0.132. The van der Waals surface area contributed by atoms with E-state index in [9.17, 15) is 9.59 Å². The molecule has 1 aliphatic heterocycles. The molecule has 164 valence electrons. The van der Waals surface area contributed by atoms with E-state index in [-0.39, 0.29) is 23.8 Å². The van der Waals surface area contributed by atoms with Crippen LogP contribution in [0.25, 0.3) is 5.69 Å². The Kier molecular flexibility index (Phi) is 5.12. The number of hydrogen-bond acceptors (Lipinski definition) is 7. The highest BCUT2D eigenvalue weighted by Gasteiger charge is 2.18. The number of aromatic nitrogens is 2. The second-order valence-corrected chi connectivity index (χ2v) is 7.06. The summed E-state index contributed by atoms with van der Waals surface area (Å²) >= 11 is 0. The van der Waals surface area contributed by atoms with Crippen LogP contribution in [0.2, 0.25) is 0 Å². The van der Waals surface area contributed by atoms with Crippen molar-refractivity contribution in [3.8, 4) is 28.7 Å². The Hall–Kier alpha value is -4.79. The van der Waals surface area contributed by atoms with Gasteiger partial charge in [-0.25, -0.2) is 4.79 Å². The topological polar surface area (TPSA) is 112 Å². The number of carboxylic acid groups (broad SMARTS) is 1. The number of ether oxygens (including phenoxy) is 3. The number of anilines is 2. The largest absolute Gasteiger partial charge is 0.478 e. The second-order valence-electron chi connectivity index (χ2n) is 7.06. The number of fused-ring (bicyclic) bond motifs is 1. The van der Waals surface area contributed by atoms with Gasteiger partial charge in [-0.15, -0.1) is 0 Å². The summed E-state index contributed by atoms with van der Waals surface area (Å²) in [5.74, 6) is 0.730. The molecule has 1 aromatic heterocycles. The number of aromatic carboxylic acids is 1. The molecule has 0 radical (unpaired) electrons. The Morgan fingerprint density at radius 2 is 1.76 bits per heavy atom. The fraction of sp³-hybridized carbons (Fsp3) is 0.0417. The minimum atomic E-state index is -1.04. The van der Waals surface area contributed by atoms with E-state index in [1.54, 1.807) is 54.6 Å². The zero-order chi connectivity index (χ0) is 22.8. The third-order valence-electron chi connectivity index (χ3n) is 4.92. The molecule has 33 heavy (non-hydrogen) atoms. The molecule has 9 nitrogen and oxygen atoms in total. The van der Waals surface area contributed by atoms with Gasteiger partial charge in [-0.3, -0.25) is 4.79 Å². The van der Waals surface area contributed by atoms with Crippen LogP contribution < -0.4 is 25.1 Å². The van der Waals surface area contributed by atoms with E-state index in [1.165, 1.54) is 23.0 Å². The van der Waals surface area contributed by atoms with Crippen LogP contribution in [0, 0.1) is 0 Å².